The number of hydrogen-bond donors (Lipinski definition) is 1. The first-order valence-corrected chi connectivity index (χ1v) is 7.01. The van der Waals surface area contributed by atoms with Crippen molar-refractivity contribution >= 4 is 5.91 Å². The fraction of sp³-hybridized carbons (Fsp3) is 0.769. The van der Waals surface area contributed by atoms with E-state index in [-0.39, 0.29) is 12.3 Å². The molecule has 112 valence electrons. The summed E-state index contributed by atoms with van der Waals surface area (Å²) >= 11 is 0. The summed E-state index contributed by atoms with van der Waals surface area (Å²) < 4.78 is 7.33. The maximum absolute atomic E-state index is 11.2. The molecule has 2 heterocycles. The molecule has 0 radical (unpaired) electrons. The quantitative estimate of drug-likeness (QED) is 0.778. The van der Waals surface area contributed by atoms with E-state index in [1.54, 1.807) is 0 Å². The Morgan fingerprint density at radius 1 is 1.45 bits per heavy atom. The second kappa shape index (κ2) is 6.81. The zero-order valence-electron chi connectivity index (χ0n) is 12.2. The SMILES string of the molecule is CN(C)CCn1nnc(CC(N)=O)c1C1CCOCC1. The molecule has 2 N–H and O–H groups in total. The van der Waals surface area contributed by atoms with E-state index in [1.165, 1.54) is 0 Å². The standard InChI is InChI=1S/C13H23N5O2/c1-17(2)5-6-18-13(10-3-7-20-8-4-10)11(15-16-18)9-12(14)19/h10H,3-9H2,1-2H3,(H2,14,19). The van der Waals surface area contributed by atoms with E-state index in [9.17, 15) is 4.79 Å². The number of aromatic nitrogens is 3. The summed E-state index contributed by atoms with van der Waals surface area (Å²) in [5.41, 5.74) is 7.09. The predicted octanol–water partition coefficient (Wildman–Crippen LogP) is -0.238. The van der Waals surface area contributed by atoms with Gasteiger partial charge in [0.25, 0.3) is 0 Å². The average Bonchev–Trinajstić information content (AvgIpc) is 2.79. The molecule has 0 saturated carbocycles. The van der Waals surface area contributed by atoms with E-state index < -0.39 is 0 Å². The molecule has 1 fully saturated rings. The third-order valence-electron chi connectivity index (χ3n) is 3.56. The summed E-state index contributed by atoms with van der Waals surface area (Å²) in [5.74, 6) is -0.00627. The van der Waals surface area contributed by atoms with Gasteiger partial charge in [-0.25, -0.2) is 4.68 Å². The Bertz CT molecular complexity index is 452. The molecule has 0 aromatic carbocycles. The maximum Gasteiger partial charge on any atom is 0.223 e. The first-order valence-electron chi connectivity index (χ1n) is 7.01. The molecule has 1 aliphatic heterocycles. The number of amides is 1. The number of primary amides is 1. The molecular weight excluding hydrogens is 258 g/mol. The van der Waals surface area contributed by atoms with E-state index in [0.717, 1.165) is 50.5 Å². The molecular formula is C13H23N5O2. The van der Waals surface area contributed by atoms with Gasteiger partial charge in [0.05, 0.1) is 24.4 Å². The number of hydrogen-bond acceptors (Lipinski definition) is 5. The van der Waals surface area contributed by atoms with Gasteiger partial charge in [-0.05, 0) is 26.9 Å². The summed E-state index contributed by atoms with van der Waals surface area (Å²) in [6.45, 7) is 3.15. The van der Waals surface area contributed by atoms with Crippen LogP contribution in [0, 0.1) is 0 Å². The molecule has 1 saturated heterocycles. The first-order chi connectivity index (χ1) is 9.58. The molecule has 1 amide bonds. The molecule has 7 heteroatoms. The number of carbonyl (C=O) groups excluding carboxylic acids is 1. The van der Waals surface area contributed by atoms with Gasteiger partial charge >= 0.3 is 0 Å². The number of likely N-dealkylation sites (N-methyl/N-ethyl adjacent to an activating group) is 1. The Morgan fingerprint density at radius 2 is 2.15 bits per heavy atom. The highest BCUT2D eigenvalue weighted by atomic mass is 16.5. The molecule has 0 aliphatic carbocycles. The Kier molecular flexibility index (Phi) is 5.08. The van der Waals surface area contributed by atoms with E-state index in [4.69, 9.17) is 10.5 Å². The van der Waals surface area contributed by atoms with Gasteiger partial charge in [0, 0.05) is 25.7 Å². The van der Waals surface area contributed by atoms with Gasteiger partial charge in [0.15, 0.2) is 0 Å². The lowest BCUT2D eigenvalue weighted by Crippen LogP contribution is -2.24. The summed E-state index contributed by atoms with van der Waals surface area (Å²) in [4.78, 5) is 13.3. The fourth-order valence-electron chi connectivity index (χ4n) is 2.52. The van der Waals surface area contributed by atoms with Gasteiger partial charge in [-0.15, -0.1) is 5.10 Å². The minimum absolute atomic E-state index is 0.161. The van der Waals surface area contributed by atoms with Crippen LogP contribution in [-0.2, 0) is 22.5 Å². The number of nitrogens with two attached hydrogens (primary N) is 1. The molecule has 7 nitrogen and oxygen atoms in total. The highest BCUT2D eigenvalue weighted by Crippen LogP contribution is 2.28. The summed E-state index contributed by atoms with van der Waals surface area (Å²) in [5, 5.41) is 8.37. The number of carbonyl (C=O) groups is 1. The topological polar surface area (TPSA) is 86.3 Å². The average molecular weight is 281 g/mol. The molecule has 20 heavy (non-hydrogen) atoms. The van der Waals surface area contributed by atoms with Crippen LogP contribution >= 0.6 is 0 Å². The molecule has 0 spiro atoms. The highest BCUT2D eigenvalue weighted by molar-refractivity contribution is 5.76. The molecule has 1 aromatic heterocycles. The van der Waals surface area contributed by atoms with Crippen molar-refractivity contribution in [1.29, 1.82) is 0 Å². The van der Waals surface area contributed by atoms with Crippen molar-refractivity contribution in [3.05, 3.63) is 11.4 Å². The number of ether oxygens (including phenoxy) is 1. The third-order valence-corrected chi connectivity index (χ3v) is 3.56. The van der Waals surface area contributed by atoms with Crippen LogP contribution in [0.25, 0.3) is 0 Å². The lowest BCUT2D eigenvalue weighted by atomic mass is 9.94. The molecule has 0 unspecified atom stereocenters. The van der Waals surface area contributed by atoms with Gasteiger partial charge in [-0.1, -0.05) is 5.21 Å². The Morgan fingerprint density at radius 3 is 2.75 bits per heavy atom. The van der Waals surface area contributed by atoms with Crippen LogP contribution in [0.5, 0.6) is 0 Å². The van der Waals surface area contributed by atoms with Crippen LogP contribution in [0.2, 0.25) is 0 Å². The van der Waals surface area contributed by atoms with Gasteiger partial charge in [-0.2, -0.15) is 0 Å². The minimum atomic E-state index is -0.363. The van der Waals surface area contributed by atoms with Crippen molar-refractivity contribution in [1.82, 2.24) is 19.9 Å². The molecule has 0 atom stereocenters. The molecule has 1 aliphatic rings. The summed E-state index contributed by atoms with van der Waals surface area (Å²) in [6.07, 6.45) is 2.05. The molecule has 0 bridgehead atoms. The number of rotatable bonds is 6. The smallest absolute Gasteiger partial charge is 0.223 e. The Labute approximate surface area is 119 Å². The van der Waals surface area contributed by atoms with E-state index in [0.29, 0.717) is 5.92 Å². The third kappa shape index (κ3) is 3.77. The van der Waals surface area contributed by atoms with Crippen LogP contribution in [0.4, 0.5) is 0 Å². The maximum atomic E-state index is 11.2. The van der Waals surface area contributed by atoms with Crippen molar-refractivity contribution < 1.29 is 9.53 Å². The monoisotopic (exact) mass is 281 g/mol. The van der Waals surface area contributed by atoms with Gasteiger partial charge in [0.1, 0.15) is 0 Å². The number of nitrogens with zero attached hydrogens (tertiary/aromatic N) is 4. The van der Waals surface area contributed by atoms with Crippen LogP contribution < -0.4 is 5.73 Å². The van der Waals surface area contributed by atoms with Crippen LogP contribution in [-0.4, -0.2) is 59.7 Å². The van der Waals surface area contributed by atoms with Crippen molar-refractivity contribution in [2.45, 2.75) is 31.7 Å². The Balaban J connectivity index is 2.21. The van der Waals surface area contributed by atoms with Gasteiger partial charge in [0.2, 0.25) is 5.91 Å². The van der Waals surface area contributed by atoms with Crippen molar-refractivity contribution in [3.8, 4) is 0 Å². The zero-order chi connectivity index (χ0) is 14.5. The van der Waals surface area contributed by atoms with Gasteiger partial charge in [-0.3, -0.25) is 4.79 Å². The normalized spacial score (nSPS) is 16.8. The van der Waals surface area contributed by atoms with E-state index >= 15 is 0 Å². The largest absolute Gasteiger partial charge is 0.381 e. The highest BCUT2D eigenvalue weighted by Gasteiger charge is 2.25. The van der Waals surface area contributed by atoms with Crippen LogP contribution in [0.1, 0.15) is 30.1 Å². The van der Waals surface area contributed by atoms with Crippen LogP contribution in [0.15, 0.2) is 0 Å². The molecule has 2 rings (SSSR count). The second-order valence-corrected chi connectivity index (χ2v) is 5.48. The second-order valence-electron chi connectivity index (χ2n) is 5.48. The zero-order valence-corrected chi connectivity index (χ0v) is 12.2. The first kappa shape index (κ1) is 14.9. The van der Waals surface area contributed by atoms with Crippen molar-refractivity contribution in [3.63, 3.8) is 0 Å². The lowest BCUT2D eigenvalue weighted by molar-refractivity contribution is -0.117. The summed E-state index contributed by atoms with van der Waals surface area (Å²) in [6, 6.07) is 0. The minimum Gasteiger partial charge on any atom is -0.381 e. The Hall–Kier alpha value is -1.47. The predicted molar refractivity (Wildman–Crippen MR) is 74.3 cm³/mol. The van der Waals surface area contributed by atoms with E-state index in [2.05, 4.69) is 15.2 Å². The lowest BCUT2D eigenvalue weighted by Gasteiger charge is -2.23. The van der Waals surface area contributed by atoms with Crippen molar-refractivity contribution in [2.75, 3.05) is 33.9 Å². The fourth-order valence-corrected chi connectivity index (χ4v) is 2.52. The van der Waals surface area contributed by atoms with Crippen LogP contribution in [0.3, 0.4) is 0 Å². The van der Waals surface area contributed by atoms with Gasteiger partial charge < -0.3 is 15.4 Å². The van der Waals surface area contributed by atoms with Crippen molar-refractivity contribution in [2.24, 2.45) is 5.73 Å². The van der Waals surface area contributed by atoms with E-state index in [1.807, 2.05) is 18.8 Å². The molecule has 1 aromatic rings. The summed E-state index contributed by atoms with van der Waals surface area (Å²) in [7, 11) is 4.05.